The molecule has 0 aromatic heterocycles. The molecule has 112 valence electrons. The molecule has 4 nitrogen and oxygen atoms in total. The molecule has 0 radical (unpaired) electrons. The predicted octanol–water partition coefficient (Wildman–Crippen LogP) is 3.05. The van der Waals surface area contributed by atoms with Gasteiger partial charge in [-0.25, -0.2) is 0 Å². The second-order valence-corrected chi connectivity index (χ2v) is 5.45. The van der Waals surface area contributed by atoms with E-state index in [9.17, 15) is 0 Å². The van der Waals surface area contributed by atoms with E-state index in [2.05, 4.69) is 0 Å². The molecular formula is C16H25NO3. The lowest BCUT2D eigenvalue weighted by Gasteiger charge is -2.41. The maximum Gasteiger partial charge on any atom is 0.122 e. The van der Waals surface area contributed by atoms with Gasteiger partial charge in [0, 0.05) is 13.2 Å². The maximum atomic E-state index is 6.53. The smallest absolute Gasteiger partial charge is 0.122 e. The van der Waals surface area contributed by atoms with Crippen molar-refractivity contribution in [3.63, 3.8) is 0 Å². The summed E-state index contributed by atoms with van der Waals surface area (Å²) in [4.78, 5) is 0. The minimum Gasteiger partial charge on any atom is -0.497 e. The van der Waals surface area contributed by atoms with Gasteiger partial charge in [0.1, 0.15) is 11.5 Å². The van der Waals surface area contributed by atoms with Crippen LogP contribution in [-0.2, 0) is 4.74 Å². The van der Waals surface area contributed by atoms with Crippen LogP contribution >= 0.6 is 0 Å². The van der Waals surface area contributed by atoms with Crippen molar-refractivity contribution in [3.05, 3.63) is 23.8 Å². The summed E-state index contributed by atoms with van der Waals surface area (Å²) in [7, 11) is 5.07. The highest BCUT2D eigenvalue weighted by Crippen LogP contribution is 2.41. The van der Waals surface area contributed by atoms with Crippen LogP contribution in [0.25, 0.3) is 0 Å². The van der Waals surface area contributed by atoms with E-state index in [-0.39, 0.29) is 11.6 Å². The lowest BCUT2D eigenvalue weighted by molar-refractivity contribution is -0.0595. The Bertz CT molecular complexity index is 419. The zero-order valence-corrected chi connectivity index (χ0v) is 12.6. The van der Waals surface area contributed by atoms with Crippen LogP contribution in [0.2, 0.25) is 0 Å². The van der Waals surface area contributed by atoms with E-state index in [0.29, 0.717) is 0 Å². The highest BCUT2D eigenvalue weighted by atomic mass is 16.5. The number of hydrogen-bond acceptors (Lipinski definition) is 4. The molecule has 0 bridgehead atoms. The number of rotatable bonds is 5. The van der Waals surface area contributed by atoms with Crippen molar-refractivity contribution < 1.29 is 14.2 Å². The molecule has 20 heavy (non-hydrogen) atoms. The topological polar surface area (TPSA) is 53.7 Å². The van der Waals surface area contributed by atoms with Gasteiger partial charge in [-0.3, -0.25) is 0 Å². The van der Waals surface area contributed by atoms with Crippen molar-refractivity contribution in [3.8, 4) is 11.5 Å². The highest BCUT2D eigenvalue weighted by molar-refractivity contribution is 5.40. The predicted molar refractivity (Wildman–Crippen MR) is 79.3 cm³/mol. The Morgan fingerprint density at radius 1 is 0.950 bits per heavy atom. The second kappa shape index (κ2) is 6.46. The summed E-state index contributed by atoms with van der Waals surface area (Å²) in [6, 6.07) is 5.64. The van der Waals surface area contributed by atoms with Gasteiger partial charge in [0.15, 0.2) is 0 Å². The number of methoxy groups -OCH3 is 3. The van der Waals surface area contributed by atoms with Crippen molar-refractivity contribution in [1.29, 1.82) is 0 Å². The van der Waals surface area contributed by atoms with Crippen molar-refractivity contribution in [2.45, 2.75) is 43.7 Å². The Morgan fingerprint density at radius 3 is 1.95 bits per heavy atom. The van der Waals surface area contributed by atoms with Crippen LogP contribution in [0.5, 0.6) is 11.5 Å². The Morgan fingerprint density at radius 2 is 1.50 bits per heavy atom. The van der Waals surface area contributed by atoms with Gasteiger partial charge in [-0.1, -0.05) is 19.3 Å². The lowest BCUT2D eigenvalue weighted by atomic mass is 9.77. The summed E-state index contributed by atoms with van der Waals surface area (Å²) >= 11 is 0. The van der Waals surface area contributed by atoms with E-state index >= 15 is 0 Å². The average Bonchev–Trinajstić information content (AvgIpc) is 2.54. The molecule has 0 heterocycles. The molecule has 1 aliphatic carbocycles. The number of nitrogens with two attached hydrogens (primary N) is 1. The minimum absolute atomic E-state index is 0.170. The molecule has 0 spiro atoms. The fourth-order valence-electron chi connectivity index (χ4n) is 3.11. The molecule has 1 unspecified atom stereocenters. The lowest BCUT2D eigenvalue weighted by Crippen LogP contribution is -2.44. The first-order valence-electron chi connectivity index (χ1n) is 7.19. The minimum atomic E-state index is -0.268. The Kier molecular flexibility index (Phi) is 4.89. The molecule has 0 aliphatic heterocycles. The number of benzene rings is 1. The van der Waals surface area contributed by atoms with Crippen molar-refractivity contribution in [1.82, 2.24) is 0 Å². The van der Waals surface area contributed by atoms with E-state index < -0.39 is 0 Å². The van der Waals surface area contributed by atoms with E-state index in [4.69, 9.17) is 19.9 Å². The van der Waals surface area contributed by atoms with Gasteiger partial charge in [-0.15, -0.1) is 0 Å². The third kappa shape index (κ3) is 2.91. The van der Waals surface area contributed by atoms with Gasteiger partial charge in [0.25, 0.3) is 0 Å². The third-order valence-corrected chi connectivity index (χ3v) is 4.41. The summed E-state index contributed by atoms with van der Waals surface area (Å²) in [5.74, 6) is 1.52. The van der Waals surface area contributed by atoms with Gasteiger partial charge >= 0.3 is 0 Å². The molecule has 1 aromatic carbocycles. The molecule has 1 aliphatic rings. The third-order valence-electron chi connectivity index (χ3n) is 4.41. The number of hydrogen-bond donors (Lipinski definition) is 1. The van der Waals surface area contributed by atoms with Crippen LogP contribution < -0.4 is 15.2 Å². The van der Waals surface area contributed by atoms with Crippen LogP contribution in [0.15, 0.2) is 18.2 Å². The zero-order valence-electron chi connectivity index (χ0n) is 12.6. The first-order valence-corrected chi connectivity index (χ1v) is 7.19. The molecule has 2 rings (SSSR count). The van der Waals surface area contributed by atoms with Crippen molar-refractivity contribution in [2.75, 3.05) is 21.3 Å². The highest BCUT2D eigenvalue weighted by Gasteiger charge is 2.39. The van der Waals surface area contributed by atoms with Crippen LogP contribution in [0, 0.1) is 0 Å². The van der Waals surface area contributed by atoms with Crippen LogP contribution in [-0.4, -0.2) is 26.9 Å². The van der Waals surface area contributed by atoms with Crippen LogP contribution in [0.1, 0.15) is 43.7 Å². The molecule has 0 saturated heterocycles. The van der Waals surface area contributed by atoms with Crippen LogP contribution in [0.3, 0.4) is 0 Å². The molecule has 2 N–H and O–H groups in total. The largest absolute Gasteiger partial charge is 0.497 e. The molecule has 4 heteroatoms. The molecule has 1 aromatic rings. The van der Waals surface area contributed by atoms with Crippen molar-refractivity contribution in [2.24, 2.45) is 5.73 Å². The van der Waals surface area contributed by atoms with Gasteiger partial charge in [-0.2, -0.15) is 0 Å². The molecular weight excluding hydrogens is 254 g/mol. The zero-order chi connectivity index (χ0) is 14.6. The Balaban J connectivity index is 2.33. The molecule has 1 atom stereocenters. The maximum absolute atomic E-state index is 6.53. The Labute approximate surface area is 121 Å². The van der Waals surface area contributed by atoms with Gasteiger partial charge in [0.2, 0.25) is 0 Å². The normalized spacial score (nSPS) is 19.4. The average molecular weight is 279 g/mol. The van der Waals surface area contributed by atoms with E-state index in [1.807, 2.05) is 18.2 Å². The van der Waals surface area contributed by atoms with E-state index in [1.54, 1.807) is 21.3 Å². The van der Waals surface area contributed by atoms with E-state index in [1.165, 1.54) is 19.3 Å². The SMILES string of the molecule is COc1cc(OC)cc(C(N)C2(OC)CCCCC2)c1. The van der Waals surface area contributed by atoms with Gasteiger partial charge in [-0.05, 0) is 30.5 Å². The quantitative estimate of drug-likeness (QED) is 0.900. The first kappa shape index (κ1) is 15.1. The number of ether oxygens (including phenoxy) is 3. The van der Waals surface area contributed by atoms with Crippen molar-refractivity contribution >= 4 is 0 Å². The van der Waals surface area contributed by atoms with E-state index in [0.717, 1.165) is 29.9 Å². The second-order valence-electron chi connectivity index (χ2n) is 5.45. The summed E-state index contributed by atoms with van der Waals surface area (Å²) in [5.41, 5.74) is 7.26. The van der Waals surface area contributed by atoms with Gasteiger partial charge < -0.3 is 19.9 Å². The molecule has 0 amide bonds. The fraction of sp³-hybridized carbons (Fsp3) is 0.625. The summed E-state index contributed by atoms with van der Waals surface area (Å²) < 4.78 is 16.5. The summed E-state index contributed by atoms with van der Waals surface area (Å²) in [5, 5.41) is 0. The Hall–Kier alpha value is -1.26. The van der Waals surface area contributed by atoms with Crippen LogP contribution in [0.4, 0.5) is 0 Å². The monoisotopic (exact) mass is 279 g/mol. The van der Waals surface area contributed by atoms with Gasteiger partial charge in [0.05, 0.1) is 25.9 Å². The molecule has 1 fully saturated rings. The fourth-order valence-corrected chi connectivity index (χ4v) is 3.11. The standard InChI is InChI=1S/C16H25NO3/c1-18-13-9-12(10-14(11-13)19-2)15(17)16(20-3)7-5-4-6-8-16/h9-11,15H,4-8,17H2,1-3H3. The summed E-state index contributed by atoms with van der Waals surface area (Å²) in [6.45, 7) is 0. The summed E-state index contributed by atoms with van der Waals surface area (Å²) in [6.07, 6.45) is 5.61. The first-order chi connectivity index (χ1) is 9.65. The molecule has 1 saturated carbocycles.